The van der Waals surface area contributed by atoms with Gasteiger partial charge in [0, 0.05) is 0 Å². The van der Waals surface area contributed by atoms with Gasteiger partial charge in [-0.25, -0.2) is 4.89 Å². The molecule has 0 amide bonds. The van der Waals surface area contributed by atoms with Crippen LogP contribution in [0.4, 0.5) is 0 Å². The zero-order valence-corrected chi connectivity index (χ0v) is 4.49. The van der Waals surface area contributed by atoms with E-state index < -0.39 is 5.06 Å². The van der Waals surface area contributed by atoms with Crippen LogP contribution in [-0.4, -0.2) is 10.3 Å². The highest BCUT2D eigenvalue weighted by atomic mass is 35.5. The zero-order chi connectivity index (χ0) is 5.21. The van der Waals surface area contributed by atoms with Gasteiger partial charge in [0.15, 0.2) is 5.06 Å². The fourth-order valence-electron chi connectivity index (χ4n) is 0. The summed E-state index contributed by atoms with van der Waals surface area (Å²) in [5, 5.41) is 6.84. The summed E-state index contributed by atoms with van der Waals surface area (Å²) in [4.78, 5) is 3.70. The molecule has 0 atom stereocenters. The van der Waals surface area contributed by atoms with E-state index in [1.54, 1.807) is 0 Å². The van der Waals surface area contributed by atoms with E-state index in [0.29, 0.717) is 0 Å². The maximum absolute atomic E-state index is 7.77. The van der Waals surface area contributed by atoms with Crippen molar-refractivity contribution in [1.82, 2.24) is 0 Å². The highest BCUT2D eigenvalue weighted by Gasteiger charge is 2.10. The summed E-state index contributed by atoms with van der Waals surface area (Å²) in [5.41, 5.74) is 0. The first-order chi connectivity index (χ1) is 2.56. The number of rotatable bonds is 1. The summed E-state index contributed by atoms with van der Waals surface area (Å²) in [7, 11) is 0. The molecule has 0 fully saturated rings. The lowest BCUT2D eigenvalue weighted by Gasteiger charge is -2.07. The van der Waals surface area contributed by atoms with E-state index in [4.69, 9.17) is 16.9 Å². The molecule has 0 bridgehead atoms. The third-order valence-electron chi connectivity index (χ3n) is 0.217. The monoisotopic (exact) mass is 110 g/mol. The first-order valence-corrected chi connectivity index (χ1v) is 1.95. The summed E-state index contributed by atoms with van der Waals surface area (Å²) in [6.45, 7) is 3.07. The lowest BCUT2D eigenvalue weighted by atomic mass is 10.5. The van der Waals surface area contributed by atoms with Crippen LogP contribution in [0.3, 0.4) is 0 Å². The summed E-state index contributed by atoms with van der Waals surface area (Å²) < 4.78 is 0. The smallest absolute Gasteiger partial charge is 0.170 e. The quantitative estimate of drug-likeness (QED) is 0.315. The van der Waals surface area contributed by atoms with E-state index in [9.17, 15) is 0 Å². The molecule has 0 aliphatic heterocycles. The van der Waals surface area contributed by atoms with Crippen LogP contribution in [0.1, 0.15) is 13.8 Å². The van der Waals surface area contributed by atoms with Crippen LogP contribution in [-0.2, 0) is 4.89 Å². The van der Waals surface area contributed by atoms with Gasteiger partial charge in [-0.2, -0.15) is 0 Å². The Bertz CT molecular complexity index is 38.5. The molecule has 0 heterocycles. The first kappa shape index (κ1) is 6.21. The van der Waals surface area contributed by atoms with Crippen molar-refractivity contribution in [2.75, 3.05) is 0 Å². The molecule has 0 saturated carbocycles. The van der Waals surface area contributed by atoms with E-state index in [2.05, 4.69) is 4.89 Å². The molecule has 3 heteroatoms. The largest absolute Gasteiger partial charge is 0.250 e. The van der Waals surface area contributed by atoms with Gasteiger partial charge in [-0.1, -0.05) is 11.6 Å². The Labute approximate surface area is 41.6 Å². The molecule has 0 aliphatic rings. The lowest BCUT2D eigenvalue weighted by Crippen LogP contribution is -2.11. The summed E-state index contributed by atoms with van der Waals surface area (Å²) >= 11 is 5.25. The third-order valence-corrected chi connectivity index (χ3v) is 0.286. The number of hydrogen-bond acceptors (Lipinski definition) is 2. The molecule has 1 N–H and O–H groups in total. The summed E-state index contributed by atoms with van der Waals surface area (Å²) in [5.74, 6) is 0. The molecule has 0 spiro atoms. The van der Waals surface area contributed by atoms with Crippen LogP contribution in [0.15, 0.2) is 0 Å². The van der Waals surface area contributed by atoms with Crippen molar-refractivity contribution < 1.29 is 10.1 Å². The van der Waals surface area contributed by atoms with Gasteiger partial charge in [0.05, 0.1) is 0 Å². The van der Waals surface area contributed by atoms with Gasteiger partial charge in [0.1, 0.15) is 0 Å². The van der Waals surface area contributed by atoms with Crippen molar-refractivity contribution in [3.05, 3.63) is 0 Å². The van der Waals surface area contributed by atoms with Crippen molar-refractivity contribution in [2.45, 2.75) is 18.9 Å². The standard InChI is InChI=1S/C3H7ClO2/c1-3(2,4)6-5/h5H,1-2H3. The molecule has 0 radical (unpaired) electrons. The Balaban J connectivity index is 3.17. The Morgan fingerprint density at radius 1 is 1.67 bits per heavy atom. The van der Waals surface area contributed by atoms with E-state index in [0.717, 1.165) is 0 Å². The highest BCUT2D eigenvalue weighted by molar-refractivity contribution is 6.22. The van der Waals surface area contributed by atoms with Crippen LogP contribution in [0.25, 0.3) is 0 Å². The maximum atomic E-state index is 7.77. The van der Waals surface area contributed by atoms with E-state index in [-0.39, 0.29) is 0 Å². The van der Waals surface area contributed by atoms with Crippen LogP contribution in [0.2, 0.25) is 0 Å². The van der Waals surface area contributed by atoms with Gasteiger partial charge in [-0.05, 0) is 13.8 Å². The van der Waals surface area contributed by atoms with Crippen molar-refractivity contribution in [3.8, 4) is 0 Å². The number of halogens is 1. The molecule has 0 unspecified atom stereocenters. The fraction of sp³-hybridized carbons (Fsp3) is 1.00. The molecule has 6 heavy (non-hydrogen) atoms. The average Bonchev–Trinajstić information content (AvgIpc) is 1.35. The Morgan fingerprint density at radius 2 is 1.83 bits per heavy atom. The Hall–Kier alpha value is 0.210. The van der Waals surface area contributed by atoms with Crippen LogP contribution in [0.5, 0.6) is 0 Å². The van der Waals surface area contributed by atoms with Gasteiger partial charge in [0.25, 0.3) is 0 Å². The average molecular weight is 111 g/mol. The second-order valence-corrected chi connectivity index (χ2v) is 2.36. The zero-order valence-electron chi connectivity index (χ0n) is 3.73. The van der Waals surface area contributed by atoms with Gasteiger partial charge >= 0.3 is 0 Å². The fourth-order valence-corrected chi connectivity index (χ4v) is 0. The topological polar surface area (TPSA) is 29.5 Å². The molecule has 38 valence electrons. The molecular formula is C3H7ClO2. The molecule has 0 rings (SSSR count). The summed E-state index contributed by atoms with van der Waals surface area (Å²) in [6, 6.07) is 0. The van der Waals surface area contributed by atoms with Crippen molar-refractivity contribution in [1.29, 1.82) is 0 Å². The van der Waals surface area contributed by atoms with E-state index in [1.165, 1.54) is 13.8 Å². The molecular weight excluding hydrogens is 103 g/mol. The van der Waals surface area contributed by atoms with Gasteiger partial charge in [0.2, 0.25) is 0 Å². The van der Waals surface area contributed by atoms with Crippen molar-refractivity contribution in [2.24, 2.45) is 0 Å². The van der Waals surface area contributed by atoms with E-state index >= 15 is 0 Å². The van der Waals surface area contributed by atoms with Crippen LogP contribution >= 0.6 is 11.6 Å². The number of hydrogen-bond donors (Lipinski definition) is 1. The molecule has 0 aromatic carbocycles. The van der Waals surface area contributed by atoms with Crippen LogP contribution < -0.4 is 0 Å². The third kappa shape index (κ3) is 4.21. The maximum Gasteiger partial charge on any atom is 0.170 e. The first-order valence-electron chi connectivity index (χ1n) is 1.58. The van der Waals surface area contributed by atoms with E-state index in [1.807, 2.05) is 0 Å². The summed E-state index contributed by atoms with van der Waals surface area (Å²) in [6.07, 6.45) is 0. The van der Waals surface area contributed by atoms with Gasteiger partial charge in [-0.15, -0.1) is 0 Å². The van der Waals surface area contributed by atoms with Crippen molar-refractivity contribution >= 4 is 11.6 Å². The Morgan fingerprint density at radius 3 is 1.83 bits per heavy atom. The van der Waals surface area contributed by atoms with Crippen LogP contribution in [0, 0.1) is 0 Å². The minimum atomic E-state index is -0.931. The number of alkyl halides is 1. The highest BCUT2D eigenvalue weighted by Crippen LogP contribution is 2.10. The van der Waals surface area contributed by atoms with Gasteiger partial charge in [-0.3, -0.25) is 5.26 Å². The second-order valence-electron chi connectivity index (χ2n) is 1.45. The predicted octanol–water partition coefficient (Wildman–Crippen LogP) is 1.45. The minimum absolute atomic E-state index is 0.931. The predicted molar refractivity (Wildman–Crippen MR) is 23.6 cm³/mol. The molecule has 0 aliphatic carbocycles. The molecule has 0 aromatic heterocycles. The minimum Gasteiger partial charge on any atom is -0.250 e. The van der Waals surface area contributed by atoms with Gasteiger partial charge < -0.3 is 0 Å². The Kier molecular flexibility index (Phi) is 1.84. The second kappa shape index (κ2) is 1.78. The SMILES string of the molecule is CC(C)(Cl)OO. The molecule has 0 aromatic rings. The lowest BCUT2D eigenvalue weighted by molar-refractivity contribution is -0.285. The molecule has 2 nitrogen and oxygen atoms in total. The molecule has 0 saturated heterocycles. The van der Waals surface area contributed by atoms with Crippen molar-refractivity contribution in [3.63, 3.8) is 0 Å². The normalized spacial score (nSPS) is 12.0.